The molecule has 0 spiro atoms. The Morgan fingerprint density at radius 2 is 1.81 bits per heavy atom. The number of nitrogens with zero attached hydrogens (tertiary/aromatic N) is 2. The lowest BCUT2D eigenvalue weighted by Crippen LogP contribution is -2.07. The van der Waals surface area contributed by atoms with Crippen molar-refractivity contribution in [2.75, 3.05) is 5.32 Å². The predicted octanol–water partition coefficient (Wildman–Crippen LogP) is 6.44. The van der Waals surface area contributed by atoms with Crippen LogP contribution in [0, 0.1) is 0 Å². The molecule has 0 atom stereocenters. The van der Waals surface area contributed by atoms with Crippen molar-refractivity contribution in [3.63, 3.8) is 0 Å². The molecule has 0 unspecified atom stereocenters. The Balaban J connectivity index is 1.54. The summed E-state index contributed by atoms with van der Waals surface area (Å²) in [6.45, 7) is 0. The molecular formula is C18H12Cl3N3OS2. The molecule has 1 heterocycles. The van der Waals surface area contributed by atoms with E-state index in [0.717, 1.165) is 15.7 Å². The third kappa shape index (κ3) is 6.23. The zero-order valence-corrected chi connectivity index (χ0v) is 17.6. The largest absolute Gasteiger partial charge is 0.297 e. The topological polar surface area (TPSA) is 54.9 Å². The number of thioether (sulfide) groups is 1. The van der Waals surface area contributed by atoms with Gasteiger partial charge in [0.05, 0.1) is 0 Å². The van der Waals surface area contributed by atoms with Crippen molar-refractivity contribution in [3.05, 3.63) is 74.7 Å². The second kappa shape index (κ2) is 9.57. The second-order valence-electron chi connectivity index (χ2n) is 5.28. The van der Waals surface area contributed by atoms with Crippen LogP contribution in [0.1, 0.15) is 11.1 Å². The molecule has 3 rings (SSSR count). The van der Waals surface area contributed by atoms with Gasteiger partial charge in [-0.15, -0.1) is 10.2 Å². The fourth-order valence-electron chi connectivity index (χ4n) is 1.99. The Morgan fingerprint density at radius 1 is 1.07 bits per heavy atom. The molecule has 0 fully saturated rings. The third-order valence-corrected chi connectivity index (χ3v) is 6.15. The minimum atomic E-state index is -0.314. The monoisotopic (exact) mass is 455 g/mol. The molecule has 0 saturated carbocycles. The minimum Gasteiger partial charge on any atom is -0.297 e. The Kier molecular flexibility index (Phi) is 7.15. The number of rotatable bonds is 6. The van der Waals surface area contributed by atoms with Crippen LogP contribution in [0.5, 0.6) is 0 Å². The van der Waals surface area contributed by atoms with Gasteiger partial charge in [0.2, 0.25) is 11.0 Å². The summed E-state index contributed by atoms with van der Waals surface area (Å²) in [5.74, 6) is 0.431. The number of aromatic nitrogens is 2. The summed E-state index contributed by atoms with van der Waals surface area (Å²) in [5.41, 5.74) is 1.83. The van der Waals surface area contributed by atoms with E-state index in [2.05, 4.69) is 15.5 Å². The average Bonchev–Trinajstić information content (AvgIpc) is 3.08. The van der Waals surface area contributed by atoms with E-state index in [1.807, 2.05) is 24.3 Å². The fourth-order valence-corrected chi connectivity index (χ4v) is 4.30. The predicted molar refractivity (Wildman–Crippen MR) is 115 cm³/mol. The number of nitrogens with one attached hydrogen (secondary N) is 1. The molecule has 1 N–H and O–H groups in total. The summed E-state index contributed by atoms with van der Waals surface area (Å²) in [7, 11) is 0. The van der Waals surface area contributed by atoms with E-state index in [1.165, 1.54) is 17.4 Å². The summed E-state index contributed by atoms with van der Waals surface area (Å²) in [4.78, 5) is 12.0. The van der Waals surface area contributed by atoms with Crippen LogP contribution in [-0.4, -0.2) is 16.1 Å². The summed E-state index contributed by atoms with van der Waals surface area (Å²) in [5, 5.41) is 12.9. The lowest BCUT2D eigenvalue weighted by atomic mass is 10.2. The van der Waals surface area contributed by atoms with Crippen molar-refractivity contribution in [1.82, 2.24) is 10.2 Å². The van der Waals surface area contributed by atoms with E-state index in [0.29, 0.717) is 25.8 Å². The number of amides is 1. The molecule has 0 aliphatic carbocycles. The molecule has 0 aliphatic heterocycles. The van der Waals surface area contributed by atoms with E-state index in [4.69, 9.17) is 34.8 Å². The van der Waals surface area contributed by atoms with E-state index in [-0.39, 0.29) is 5.91 Å². The maximum Gasteiger partial charge on any atom is 0.250 e. The first kappa shape index (κ1) is 20.2. The van der Waals surface area contributed by atoms with E-state index < -0.39 is 0 Å². The number of halogens is 3. The average molecular weight is 457 g/mol. The van der Waals surface area contributed by atoms with Gasteiger partial charge in [0.1, 0.15) is 0 Å². The van der Waals surface area contributed by atoms with Crippen LogP contribution in [0.15, 0.2) is 52.9 Å². The van der Waals surface area contributed by atoms with E-state index in [1.54, 1.807) is 36.0 Å². The van der Waals surface area contributed by atoms with Gasteiger partial charge in [-0.3, -0.25) is 10.1 Å². The maximum absolute atomic E-state index is 12.0. The number of hydrogen-bond acceptors (Lipinski definition) is 5. The SMILES string of the molecule is O=C(C=Cc1ccc(Cl)cc1Cl)Nc1nnc(SCc2ccc(Cl)cc2)s1. The van der Waals surface area contributed by atoms with Crippen LogP contribution in [0.4, 0.5) is 5.13 Å². The van der Waals surface area contributed by atoms with Crippen LogP contribution in [0.25, 0.3) is 6.08 Å². The number of carbonyl (C=O) groups is 1. The van der Waals surface area contributed by atoms with Crippen molar-refractivity contribution >= 4 is 75.0 Å². The number of carbonyl (C=O) groups excluding carboxylic acids is 1. The third-order valence-electron chi connectivity index (χ3n) is 3.29. The molecule has 9 heteroatoms. The molecular weight excluding hydrogens is 445 g/mol. The van der Waals surface area contributed by atoms with Crippen molar-refractivity contribution in [1.29, 1.82) is 0 Å². The zero-order chi connectivity index (χ0) is 19.2. The first-order valence-electron chi connectivity index (χ1n) is 7.64. The van der Waals surface area contributed by atoms with Gasteiger partial charge >= 0.3 is 0 Å². The highest BCUT2D eigenvalue weighted by Crippen LogP contribution is 2.28. The molecule has 1 amide bonds. The Hall–Kier alpha value is -1.57. The van der Waals surface area contributed by atoms with Gasteiger partial charge in [-0.1, -0.05) is 76.1 Å². The van der Waals surface area contributed by atoms with Gasteiger partial charge in [-0.25, -0.2) is 0 Å². The lowest BCUT2D eigenvalue weighted by molar-refractivity contribution is -0.111. The highest BCUT2D eigenvalue weighted by molar-refractivity contribution is 8.00. The van der Waals surface area contributed by atoms with Crippen LogP contribution in [-0.2, 0) is 10.5 Å². The summed E-state index contributed by atoms with van der Waals surface area (Å²) >= 11 is 20.7. The molecule has 0 aliphatic rings. The molecule has 138 valence electrons. The molecule has 1 aromatic heterocycles. The van der Waals surface area contributed by atoms with Crippen molar-refractivity contribution in [2.45, 2.75) is 10.1 Å². The molecule has 2 aromatic carbocycles. The molecule has 3 aromatic rings. The quantitative estimate of drug-likeness (QED) is 0.263. The second-order valence-corrected chi connectivity index (χ2v) is 8.76. The minimum absolute atomic E-state index is 0.314. The standard InChI is InChI=1S/C18H12Cl3N3OS2/c19-13-5-1-11(2-6-13)10-26-18-24-23-17(27-18)22-16(25)8-4-12-3-7-14(20)9-15(12)21/h1-9H,10H2,(H,22,23,25). The van der Waals surface area contributed by atoms with Gasteiger partial charge < -0.3 is 0 Å². The van der Waals surface area contributed by atoms with Crippen LogP contribution in [0.2, 0.25) is 15.1 Å². The van der Waals surface area contributed by atoms with Crippen molar-refractivity contribution < 1.29 is 4.79 Å². The Bertz CT molecular complexity index is 974. The number of hydrogen-bond donors (Lipinski definition) is 1. The molecule has 0 radical (unpaired) electrons. The lowest BCUT2D eigenvalue weighted by Gasteiger charge is -1.99. The Labute approximate surface area is 179 Å². The van der Waals surface area contributed by atoms with Gasteiger partial charge in [0, 0.05) is 26.9 Å². The van der Waals surface area contributed by atoms with Crippen LogP contribution < -0.4 is 5.32 Å². The first-order chi connectivity index (χ1) is 13.0. The Morgan fingerprint density at radius 3 is 2.56 bits per heavy atom. The van der Waals surface area contributed by atoms with Crippen LogP contribution >= 0.6 is 57.9 Å². The molecule has 0 saturated heterocycles. The maximum atomic E-state index is 12.0. The molecule has 4 nitrogen and oxygen atoms in total. The van der Waals surface area contributed by atoms with Crippen molar-refractivity contribution in [3.8, 4) is 0 Å². The smallest absolute Gasteiger partial charge is 0.250 e. The van der Waals surface area contributed by atoms with Crippen LogP contribution in [0.3, 0.4) is 0 Å². The summed E-state index contributed by atoms with van der Waals surface area (Å²) in [6, 6.07) is 12.7. The zero-order valence-electron chi connectivity index (χ0n) is 13.7. The highest BCUT2D eigenvalue weighted by Gasteiger charge is 2.08. The van der Waals surface area contributed by atoms with Gasteiger partial charge in [-0.2, -0.15) is 0 Å². The number of anilines is 1. The summed E-state index contributed by atoms with van der Waals surface area (Å²) < 4.78 is 0.768. The highest BCUT2D eigenvalue weighted by atomic mass is 35.5. The van der Waals surface area contributed by atoms with Gasteiger partial charge in [0.25, 0.3) is 0 Å². The first-order valence-corrected chi connectivity index (χ1v) is 10.6. The van der Waals surface area contributed by atoms with Crippen molar-refractivity contribution in [2.24, 2.45) is 0 Å². The molecule has 0 bridgehead atoms. The normalized spacial score (nSPS) is 11.1. The number of benzene rings is 2. The van der Waals surface area contributed by atoms with E-state index in [9.17, 15) is 4.79 Å². The fraction of sp³-hybridized carbons (Fsp3) is 0.0556. The van der Waals surface area contributed by atoms with Gasteiger partial charge in [0.15, 0.2) is 4.34 Å². The van der Waals surface area contributed by atoms with E-state index >= 15 is 0 Å². The summed E-state index contributed by atoms with van der Waals surface area (Å²) in [6.07, 6.45) is 3.00. The molecule has 27 heavy (non-hydrogen) atoms. The van der Waals surface area contributed by atoms with Gasteiger partial charge in [-0.05, 0) is 41.5 Å².